The molecule has 0 spiro atoms. The average molecular weight is 216 g/mol. The van der Waals surface area contributed by atoms with Crippen LogP contribution in [-0.2, 0) is 0 Å². The van der Waals surface area contributed by atoms with Gasteiger partial charge in [-0.2, -0.15) is 0 Å². The molecular weight excluding hydrogens is 193 g/mol. The zero-order valence-electron chi connectivity index (χ0n) is 11.0. The second-order valence-electron chi connectivity index (χ2n) is 4.16. The van der Waals surface area contributed by atoms with Crippen LogP contribution in [0.1, 0.15) is 20.8 Å². The van der Waals surface area contributed by atoms with Gasteiger partial charge >= 0.3 is 0 Å². The first-order valence-corrected chi connectivity index (χ1v) is 5.71. The maximum absolute atomic E-state index is 3.83. The molecule has 0 bridgehead atoms. The summed E-state index contributed by atoms with van der Waals surface area (Å²) in [6.07, 6.45) is 5.79. The Labute approximate surface area is 101 Å². The maximum atomic E-state index is 3.83. The normalized spacial score (nSPS) is 13.4. The Morgan fingerprint density at radius 2 is 2.00 bits per heavy atom. The Bertz CT molecular complexity index is 298. The summed E-state index contributed by atoms with van der Waals surface area (Å²) in [5.41, 5.74) is 3.72. The molecule has 0 aromatic carbocycles. The smallest absolute Gasteiger partial charge is 0.154 e. The molecule has 1 N–H and O–H groups in total. The summed E-state index contributed by atoms with van der Waals surface area (Å²) in [4.78, 5) is 0. The highest BCUT2D eigenvalue weighted by Gasteiger charge is 2.09. The van der Waals surface area contributed by atoms with Gasteiger partial charge in [-0.1, -0.05) is 56.5 Å². The predicted octanol–water partition coefficient (Wildman–Crippen LogP) is 3.31. The molecule has 1 nitrogen and oxygen atoms in total. The highest BCUT2D eigenvalue weighted by Crippen LogP contribution is 2.18. The third-order valence-electron chi connectivity index (χ3n) is 2.29. The molecule has 0 atom stereocenters. The molecule has 87 valence electrons. The standard InChI is InChI=1S/C14H23BN/c1-7-9-14(15-11(3)4)13(10-16-6)12(5)8-2/h7-9,11,16H,1-2,10H2,3-6H3/b13-12-,14-9+. The van der Waals surface area contributed by atoms with Crippen molar-refractivity contribution in [2.75, 3.05) is 13.6 Å². The third-order valence-corrected chi connectivity index (χ3v) is 2.29. The molecule has 16 heavy (non-hydrogen) atoms. The van der Waals surface area contributed by atoms with E-state index in [-0.39, 0.29) is 0 Å². The summed E-state index contributed by atoms with van der Waals surface area (Å²) in [5.74, 6) is 0.524. The average Bonchev–Trinajstić information content (AvgIpc) is 2.23. The lowest BCUT2D eigenvalue weighted by Crippen LogP contribution is -2.16. The molecule has 0 aliphatic rings. The molecule has 0 fully saturated rings. The zero-order chi connectivity index (χ0) is 12.6. The van der Waals surface area contributed by atoms with Crippen molar-refractivity contribution in [3.8, 4) is 0 Å². The van der Waals surface area contributed by atoms with Crippen LogP contribution in [0.25, 0.3) is 0 Å². The largest absolute Gasteiger partial charge is 0.316 e. The molecule has 0 aliphatic heterocycles. The van der Waals surface area contributed by atoms with Crippen LogP contribution < -0.4 is 5.32 Å². The molecule has 0 amide bonds. The van der Waals surface area contributed by atoms with Crippen LogP contribution in [0.4, 0.5) is 0 Å². The van der Waals surface area contributed by atoms with Crippen molar-refractivity contribution in [2.24, 2.45) is 0 Å². The maximum Gasteiger partial charge on any atom is 0.154 e. The molecule has 0 unspecified atom stereocenters. The van der Waals surface area contributed by atoms with E-state index in [1.807, 2.05) is 19.2 Å². The fourth-order valence-electron chi connectivity index (χ4n) is 1.51. The summed E-state index contributed by atoms with van der Waals surface area (Å²) in [6.45, 7) is 14.9. The fourth-order valence-corrected chi connectivity index (χ4v) is 1.51. The molecule has 0 saturated carbocycles. The first-order valence-electron chi connectivity index (χ1n) is 5.71. The van der Waals surface area contributed by atoms with Crippen LogP contribution in [-0.4, -0.2) is 20.9 Å². The van der Waals surface area contributed by atoms with Crippen LogP contribution in [0.2, 0.25) is 5.82 Å². The van der Waals surface area contributed by atoms with Gasteiger partial charge in [0.15, 0.2) is 7.28 Å². The number of allylic oxidation sites excluding steroid dienone is 4. The highest BCUT2D eigenvalue weighted by molar-refractivity contribution is 6.48. The third kappa shape index (κ3) is 5.17. The minimum atomic E-state index is 0.524. The minimum Gasteiger partial charge on any atom is -0.316 e. The number of rotatable bonds is 7. The van der Waals surface area contributed by atoms with Gasteiger partial charge in [0.2, 0.25) is 0 Å². The number of nitrogens with one attached hydrogen (secondary N) is 1. The topological polar surface area (TPSA) is 12.0 Å². The van der Waals surface area contributed by atoms with Crippen molar-refractivity contribution in [1.82, 2.24) is 5.32 Å². The van der Waals surface area contributed by atoms with Crippen molar-refractivity contribution < 1.29 is 0 Å². The van der Waals surface area contributed by atoms with Crippen LogP contribution in [0, 0.1) is 0 Å². The van der Waals surface area contributed by atoms with Gasteiger partial charge in [-0.05, 0) is 25.1 Å². The Morgan fingerprint density at radius 3 is 2.38 bits per heavy atom. The first kappa shape index (κ1) is 15.0. The summed E-state index contributed by atoms with van der Waals surface area (Å²) in [5, 5.41) is 3.19. The van der Waals surface area contributed by atoms with Gasteiger partial charge in [0, 0.05) is 6.54 Å². The molecule has 2 heteroatoms. The van der Waals surface area contributed by atoms with E-state index in [1.165, 1.54) is 16.6 Å². The van der Waals surface area contributed by atoms with Gasteiger partial charge in [0.1, 0.15) is 0 Å². The fraction of sp³-hybridized carbons (Fsp3) is 0.429. The van der Waals surface area contributed by atoms with E-state index in [2.05, 4.69) is 52.6 Å². The van der Waals surface area contributed by atoms with E-state index in [0.29, 0.717) is 5.82 Å². The van der Waals surface area contributed by atoms with Crippen LogP contribution in [0.15, 0.2) is 48.0 Å². The summed E-state index contributed by atoms with van der Waals surface area (Å²) in [6, 6.07) is 0. The summed E-state index contributed by atoms with van der Waals surface area (Å²) < 4.78 is 0. The molecule has 0 aromatic heterocycles. The van der Waals surface area contributed by atoms with E-state index in [0.717, 1.165) is 6.54 Å². The van der Waals surface area contributed by atoms with Crippen molar-refractivity contribution in [1.29, 1.82) is 0 Å². The molecule has 0 heterocycles. The van der Waals surface area contributed by atoms with Crippen LogP contribution >= 0.6 is 0 Å². The molecule has 0 aliphatic carbocycles. The monoisotopic (exact) mass is 216 g/mol. The lowest BCUT2D eigenvalue weighted by Gasteiger charge is -2.15. The molecular formula is C14H23BN. The van der Waals surface area contributed by atoms with Gasteiger partial charge < -0.3 is 5.32 Å². The molecule has 0 aromatic rings. The van der Waals surface area contributed by atoms with Crippen molar-refractivity contribution in [3.05, 3.63) is 48.0 Å². The van der Waals surface area contributed by atoms with Gasteiger partial charge in [-0.25, -0.2) is 0 Å². The highest BCUT2D eigenvalue weighted by atomic mass is 14.8. The van der Waals surface area contributed by atoms with E-state index >= 15 is 0 Å². The molecule has 1 radical (unpaired) electrons. The summed E-state index contributed by atoms with van der Waals surface area (Å²) >= 11 is 0. The van der Waals surface area contributed by atoms with Gasteiger partial charge in [-0.15, -0.1) is 0 Å². The van der Waals surface area contributed by atoms with Crippen molar-refractivity contribution >= 4 is 7.28 Å². The zero-order valence-corrected chi connectivity index (χ0v) is 11.0. The lowest BCUT2D eigenvalue weighted by molar-refractivity contribution is 0.884. The SMILES string of the molecule is C=C/C=C([B]C(C)C)\C(CNC)=C(\C)C=C. The molecule has 0 saturated heterocycles. The van der Waals surface area contributed by atoms with Crippen LogP contribution in [0.3, 0.4) is 0 Å². The number of hydrogen-bond donors (Lipinski definition) is 1. The number of likely N-dealkylation sites (N-methyl/N-ethyl adjacent to an activating group) is 1. The first-order chi connectivity index (χ1) is 7.56. The van der Waals surface area contributed by atoms with Gasteiger partial charge in [0.05, 0.1) is 0 Å². The lowest BCUT2D eigenvalue weighted by atomic mass is 9.57. The van der Waals surface area contributed by atoms with Gasteiger partial charge in [-0.3, -0.25) is 0 Å². The Balaban J connectivity index is 5.19. The van der Waals surface area contributed by atoms with Gasteiger partial charge in [0.25, 0.3) is 0 Å². The predicted molar refractivity (Wildman–Crippen MR) is 76.0 cm³/mol. The van der Waals surface area contributed by atoms with Crippen molar-refractivity contribution in [3.63, 3.8) is 0 Å². The Kier molecular flexibility index (Phi) is 7.66. The second kappa shape index (κ2) is 8.17. The van der Waals surface area contributed by atoms with E-state index in [4.69, 9.17) is 0 Å². The van der Waals surface area contributed by atoms with E-state index < -0.39 is 0 Å². The van der Waals surface area contributed by atoms with Crippen LogP contribution in [0.5, 0.6) is 0 Å². The Hall–Kier alpha value is -1.02. The molecule has 0 rings (SSSR count). The van der Waals surface area contributed by atoms with Crippen molar-refractivity contribution in [2.45, 2.75) is 26.6 Å². The number of hydrogen-bond acceptors (Lipinski definition) is 1. The quantitative estimate of drug-likeness (QED) is 0.508. The second-order valence-corrected chi connectivity index (χ2v) is 4.16. The Morgan fingerprint density at radius 1 is 1.38 bits per heavy atom. The van der Waals surface area contributed by atoms with E-state index in [1.54, 1.807) is 0 Å². The minimum absolute atomic E-state index is 0.524. The van der Waals surface area contributed by atoms with E-state index in [9.17, 15) is 0 Å². The summed E-state index contributed by atoms with van der Waals surface area (Å²) in [7, 11) is 4.21.